The lowest BCUT2D eigenvalue weighted by Gasteiger charge is -2.35. The van der Waals surface area contributed by atoms with Crippen molar-refractivity contribution in [3.8, 4) is 16.9 Å². The number of ether oxygens (including phenoxy) is 1. The summed E-state index contributed by atoms with van der Waals surface area (Å²) in [4.78, 5) is 41.0. The van der Waals surface area contributed by atoms with Crippen molar-refractivity contribution in [1.29, 1.82) is 0 Å². The van der Waals surface area contributed by atoms with Gasteiger partial charge in [0.25, 0.3) is 11.8 Å². The second-order valence-electron chi connectivity index (χ2n) is 12.3. The second-order valence-corrected chi connectivity index (χ2v) is 14.7. The summed E-state index contributed by atoms with van der Waals surface area (Å²) in [6, 6.07) is 5.28. The van der Waals surface area contributed by atoms with Gasteiger partial charge in [0, 0.05) is 36.4 Å². The number of aromatic nitrogens is 5. The number of pyridine rings is 1. The zero-order valence-corrected chi connectivity index (χ0v) is 27.5. The van der Waals surface area contributed by atoms with Crippen LogP contribution in [0.5, 0.6) is 5.75 Å². The zero-order valence-electron chi connectivity index (χ0n) is 26.0. The molecular formula is C31H35ClN8O5S. The quantitative estimate of drug-likeness (QED) is 0.296. The largest absolute Gasteiger partial charge is 0.482 e. The van der Waals surface area contributed by atoms with Crippen molar-refractivity contribution < 1.29 is 22.7 Å². The highest BCUT2D eigenvalue weighted by atomic mass is 35.5. The lowest BCUT2D eigenvalue weighted by Crippen LogP contribution is -2.43. The molecule has 242 valence electrons. The standard InChI is InChI=1S/C31H35ClN8O5S/c1-17(2)9-22-29(30(33)42)28(21-13-36-40(31(21)37-22)23-7-8-38(14-18(23)3)46(4,43)44)19-5-6-24-25(10-19)45-16-27(41)39(24)15-26-34-11-20(32)12-35-26/h5-6,10-13,17-18,23H,7-9,14-16H2,1-4H3,(H2,33,42)/t18-,23-/m1/s1. The number of fused-ring (bicyclic) bond motifs is 2. The predicted octanol–water partition coefficient (Wildman–Crippen LogP) is 3.61. The Bertz CT molecular complexity index is 1950. The Morgan fingerprint density at radius 1 is 1.20 bits per heavy atom. The minimum Gasteiger partial charge on any atom is -0.482 e. The fourth-order valence-corrected chi connectivity index (χ4v) is 7.34. The molecule has 2 aliphatic rings. The van der Waals surface area contributed by atoms with Gasteiger partial charge in [-0.15, -0.1) is 0 Å². The number of carbonyl (C=O) groups is 2. The van der Waals surface area contributed by atoms with Crippen molar-refractivity contribution >= 4 is 50.2 Å². The number of hydrogen-bond acceptors (Lipinski definition) is 9. The maximum Gasteiger partial charge on any atom is 0.265 e. The molecular weight excluding hydrogens is 632 g/mol. The van der Waals surface area contributed by atoms with Crippen LogP contribution in [0.25, 0.3) is 22.2 Å². The Kier molecular flexibility index (Phi) is 8.46. The van der Waals surface area contributed by atoms with Crippen molar-refractivity contribution in [2.24, 2.45) is 17.6 Å². The average Bonchev–Trinajstić information content (AvgIpc) is 3.41. The van der Waals surface area contributed by atoms with E-state index in [-0.39, 0.29) is 36.9 Å². The number of primary amides is 1. The summed E-state index contributed by atoms with van der Waals surface area (Å²) in [5.74, 6) is 0.143. The van der Waals surface area contributed by atoms with Crippen LogP contribution in [0.3, 0.4) is 0 Å². The molecule has 3 aromatic heterocycles. The molecule has 0 radical (unpaired) electrons. The molecule has 1 fully saturated rings. The summed E-state index contributed by atoms with van der Waals surface area (Å²) in [5, 5.41) is 5.78. The number of benzene rings is 1. The fraction of sp³-hybridized carbons (Fsp3) is 0.419. The van der Waals surface area contributed by atoms with Gasteiger partial charge in [-0.05, 0) is 42.4 Å². The maximum absolute atomic E-state index is 13.1. The Balaban J connectivity index is 1.47. The van der Waals surface area contributed by atoms with Gasteiger partial charge >= 0.3 is 0 Å². The molecule has 5 heterocycles. The summed E-state index contributed by atoms with van der Waals surface area (Å²) in [7, 11) is -3.32. The van der Waals surface area contributed by atoms with E-state index in [1.165, 1.54) is 23.0 Å². The van der Waals surface area contributed by atoms with E-state index >= 15 is 0 Å². The Hall–Kier alpha value is -4.14. The van der Waals surface area contributed by atoms with E-state index in [0.29, 0.717) is 81.6 Å². The van der Waals surface area contributed by atoms with Crippen LogP contribution in [0.15, 0.2) is 36.8 Å². The smallest absolute Gasteiger partial charge is 0.265 e. The van der Waals surface area contributed by atoms with Gasteiger partial charge in [-0.1, -0.05) is 38.4 Å². The molecule has 1 saturated heterocycles. The molecule has 6 rings (SSSR count). The van der Waals surface area contributed by atoms with E-state index in [2.05, 4.69) is 9.97 Å². The van der Waals surface area contributed by atoms with Crippen LogP contribution in [-0.2, 0) is 27.8 Å². The molecule has 4 aromatic rings. The summed E-state index contributed by atoms with van der Waals surface area (Å²) in [6.07, 6.45) is 6.93. The third kappa shape index (κ3) is 6.04. The Labute approximate surface area is 271 Å². The number of piperidine rings is 1. The average molecular weight is 667 g/mol. The van der Waals surface area contributed by atoms with Gasteiger partial charge < -0.3 is 10.5 Å². The van der Waals surface area contributed by atoms with Gasteiger partial charge in [0.05, 0.1) is 47.0 Å². The summed E-state index contributed by atoms with van der Waals surface area (Å²) in [6.45, 7) is 6.77. The minimum absolute atomic E-state index is 0.0357. The summed E-state index contributed by atoms with van der Waals surface area (Å²) >= 11 is 5.94. The summed E-state index contributed by atoms with van der Waals surface area (Å²) in [5.41, 5.74) is 9.27. The van der Waals surface area contributed by atoms with Gasteiger partial charge in [-0.25, -0.2) is 32.4 Å². The van der Waals surface area contributed by atoms with Gasteiger partial charge in [0.15, 0.2) is 12.3 Å². The molecule has 2 atom stereocenters. The molecule has 0 saturated carbocycles. The molecule has 15 heteroatoms. The van der Waals surface area contributed by atoms with Crippen molar-refractivity contribution in [3.63, 3.8) is 0 Å². The van der Waals surface area contributed by atoms with Gasteiger partial charge in [-0.2, -0.15) is 5.10 Å². The van der Waals surface area contributed by atoms with Crippen LogP contribution in [0.2, 0.25) is 5.02 Å². The van der Waals surface area contributed by atoms with Crippen molar-refractivity contribution in [2.45, 2.75) is 46.2 Å². The van der Waals surface area contributed by atoms with E-state index in [4.69, 9.17) is 32.2 Å². The number of nitrogens with two attached hydrogens (primary N) is 1. The Morgan fingerprint density at radius 2 is 1.93 bits per heavy atom. The van der Waals surface area contributed by atoms with Crippen LogP contribution in [0.4, 0.5) is 5.69 Å². The third-order valence-electron chi connectivity index (χ3n) is 8.44. The number of hydrogen-bond donors (Lipinski definition) is 1. The first-order valence-corrected chi connectivity index (χ1v) is 17.2. The molecule has 2 aliphatic heterocycles. The number of amides is 2. The maximum atomic E-state index is 13.1. The molecule has 0 aliphatic carbocycles. The lowest BCUT2D eigenvalue weighted by molar-refractivity contribution is -0.121. The first-order chi connectivity index (χ1) is 21.8. The van der Waals surface area contributed by atoms with E-state index in [0.717, 1.165) is 0 Å². The number of carbonyl (C=O) groups excluding carboxylic acids is 2. The third-order valence-corrected chi connectivity index (χ3v) is 9.90. The predicted molar refractivity (Wildman–Crippen MR) is 173 cm³/mol. The zero-order chi connectivity index (χ0) is 32.9. The monoisotopic (exact) mass is 666 g/mol. The van der Waals surface area contributed by atoms with Crippen LogP contribution >= 0.6 is 11.6 Å². The molecule has 1 aromatic carbocycles. The van der Waals surface area contributed by atoms with E-state index in [1.807, 2.05) is 31.5 Å². The molecule has 0 unspecified atom stereocenters. The van der Waals surface area contributed by atoms with E-state index in [9.17, 15) is 18.0 Å². The number of nitrogens with zero attached hydrogens (tertiary/aromatic N) is 7. The highest BCUT2D eigenvalue weighted by Gasteiger charge is 2.34. The van der Waals surface area contributed by atoms with Crippen molar-refractivity contribution in [1.82, 2.24) is 29.0 Å². The van der Waals surface area contributed by atoms with Gasteiger partial charge in [0.1, 0.15) is 11.6 Å². The first kappa shape index (κ1) is 31.8. The van der Waals surface area contributed by atoms with Gasteiger partial charge in [0.2, 0.25) is 10.0 Å². The van der Waals surface area contributed by atoms with Crippen LogP contribution in [0.1, 0.15) is 55.1 Å². The minimum atomic E-state index is -3.32. The first-order valence-electron chi connectivity index (χ1n) is 15.0. The number of anilines is 1. The molecule has 2 N–H and O–H groups in total. The normalized spacial score (nSPS) is 19.0. The molecule has 0 spiro atoms. The second kappa shape index (κ2) is 12.2. The highest BCUT2D eigenvalue weighted by molar-refractivity contribution is 7.88. The highest BCUT2D eigenvalue weighted by Crippen LogP contribution is 2.41. The number of sulfonamides is 1. The Morgan fingerprint density at radius 3 is 2.59 bits per heavy atom. The lowest BCUT2D eigenvalue weighted by atomic mass is 9.91. The SMILES string of the molecule is CC(C)Cc1nc2c(cnn2[C@@H]2CCN(S(C)(=O)=O)C[C@H]2C)c(-c2ccc3c(c2)OCC(=O)N3Cc2ncc(Cl)cn2)c1C(N)=O. The molecule has 2 amide bonds. The molecule has 0 bridgehead atoms. The number of halogens is 1. The van der Waals surface area contributed by atoms with E-state index in [1.54, 1.807) is 23.2 Å². The van der Waals surface area contributed by atoms with Crippen molar-refractivity contribution in [3.05, 3.63) is 58.9 Å². The molecule has 13 nitrogen and oxygen atoms in total. The van der Waals surface area contributed by atoms with E-state index < -0.39 is 15.9 Å². The molecule has 46 heavy (non-hydrogen) atoms. The van der Waals surface area contributed by atoms with Gasteiger partial charge in [-0.3, -0.25) is 14.5 Å². The number of rotatable bonds is 8. The van der Waals surface area contributed by atoms with Crippen LogP contribution in [0, 0.1) is 11.8 Å². The van der Waals surface area contributed by atoms with Crippen molar-refractivity contribution in [2.75, 3.05) is 30.9 Å². The topological polar surface area (TPSA) is 166 Å². The fourth-order valence-electron chi connectivity index (χ4n) is 6.30. The van der Waals surface area contributed by atoms with Crippen LogP contribution in [-0.4, -0.2) is 75.2 Å². The van der Waals surface area contributed by atoms with Crippen LogP contribution < -0.4 is 15.4 Å². The summed E-state index contributed by atoms with van der Waals surface area (Å²) < 4.78 is 33.7.